The summed E-state index contributed by atoms with van der Waals surface area (Å²) >= 11 is 6.82. The Morgan fingerprint density at radius 3 is 2.73 bits per heavy atom. The largest absolute Gasteiger partial charge is 0.507 e. The highest BCUT2D eigenvalue weighted by molar-refractivity contribution is 6.35. The smallest absolute Gasteiger partial charge is 0.261 e. The number of nitrogens with zero attached hydrogens (tertiary/aromatic N) is 5. The van der Waals surface area contributed by atoms with Crippen LogP contribution < -0.4 is 9.64 Å². The molecule has 2 saturated heterocycles. The fourth-order valence-corrected chi connectivity index (χ4v) is 5.95. The lowest BCUT2D eigenvalue weighted by molar-refractivity contribution is -0.128. The number of carbonyl (C=O) groups excluding carboxylic acids is 2. The molecule has 12 heteroatoms. The summed E-state index contributed by atoms with van der Waals surface area (Å²) in [5.41, 5.74) is 0.0348. The number of methoxy groups -OCH3 is 1. The molecule has 2 amide bonds. The zero-order chi connectivity index (χ0) is 28.6. The lowest BCUT2D eigenvalue weighted by Crippen LogP contribution is -2.57. The molecule has 0 aliphatic carbocycles. The first-order chi connectivity index (χ1) is 19.2. The Hall–Kier alpha value is -3.41. The van der Waals surface area contributed by atoms with Crippen molar-refractivity contribution in [1.82, 2.24) is 19.7 Å². The number of rotatable bonds is 6. The van der Waals surface area contributed by atoms with E-state index in [9.17, 15) is 14.7 Å². The first-order valence-corrected chi connectivity index (χ1v) is 13.7. The molecule has 2 atom stereocenters. The number of piperazine rings is 2. The monoisotopic (exact) mass is 573 g/mol. The lowest BCUT2D eigenvalue weighted by atomic mass is 10.0. The Labute approximate surface area is 237 Å². The van der Waals surface area contributed by atoms with Crippen molar-refractivity contribution in [2.75, 3.05) is 71.0 Å². The topological polar surface area (TPSA) is 98.7 Å². The van der Waals surface area contributed by atoms with E-state index in [1.807, 2.05) is 11.8 Å². The number of phenols is 1. The predicted octanol–water partition coefficient (Wildman–Crippen LogP) is 2.64. The van der Waals surface area contributed by atoms with E-state index in [0.717, 1.165) is 6.54 Å². The molecule has 2 fully saturated rings. The number of phenolic OH excluding ortho intramolecular Hbond substituents is 1. The molecule has 1 aromatic carbocycles. The number of hydrogen-bond donors (Lipinski definition) is 1. The van der Waals surface area contributed by atoms with E-state index in [1.54, 1.807) is 16.9 Å². The molecular weight excluding hydrogens is 541 g/mol. The molecule has 1 aromatic heterocycles. The SMILES string of the molecule is C=CC(=O)N1CCN2C(=O)c3c(N4CCN(CCOC)C[C@@H]4C)nc(-c4c(O)cccc4F)c(Cl)c3OC[C@H]2C1. The van der Waals surface area contributed by atoms with Crippen molar-refractivity contribution in [3.05, 3.63) is 47.3 Å². The molecule has 0 spiro atoms. The maximum absolute atomic E-state index is 15.1. The average molecular weight is 574 g/mol. The van der Waals surface area contributed by atoms with Gasteiger partial charge in [0.25, 0.3) is 5.91 Å². The van der Waals surface area contributed by atoms with Crippen LogP contribution in [0.1, 0.15) is 17.3 Å². The molecule has 3 aliphatic rings. The van der Waals surface area contributed by atoms with Gasteiger partial charge in [-0.05, 0) is 25.1 Å². The highest BCUT2D eigenvalue weighted by atomic mass is 35.5. The summed E-state index contributed by atoms with van der Waals surface area (Å²) in [5, 5.41) is 10.5. The lowest BCUT2D eigenvalue weighted by Gasteiger charge is -2.42. The van der Waals surface area contributed by atoms with Gasteiger partial charge in [0.2, 0.25) is 5.91 Å². The average Bonchev–Trinajstić information content (AvgIpc) is 3.09. The molecule has 2 aromatic rings. The number of hydrogen-bond acceptors (Lipinski definition) is 8. The van der Waals surface area contributed by atoms with Crippen LogP contribution in [-0.4, -0.2) is 115 Å². The van der Waals surface area contributed by atoms with E-state index < -0.39 is 11.9 Å². The van der Waals surface area contributed by atoms with E-state index in [0.29, 0.717) is 45.1 Å². The van der Waals surface area contributed by atoms with Crippen LogP contribution in [0.25, 0.3) is 11.3 Å². The Morgan fingerprint density at radius 1 is 1.25 bits per heavy atom. The fourth-order valence-electron chi connectivity index (χ4n) is 5.67. The minimum atomic E-state index is -0.700. The van der Waals surface area contributed by atoms with Crippen LogP contribution in [0.3, 0.4) is 0 Å². The molecule has 10 nitrogen and oxygen atoms in total. The molecule has 0 saturated carbocycles. The third kappa shape index (κ3) is 5.09. The summed E-state index contributed by atoms with van der Waals surface area (Å²) in [7, 11) is 1.66. The standard InChI is InChI=1S/C28H33ClFN5O5/c1-4-21(37)33-9-11-35-18(15-33)16-40-26-23(28(35)38)27(34-10-8-32(12-13-39-3)14-17(34)2)31-25(24(26)29)22-19(30)6-5-7-20(22)36/h4-7,17-18,36H,1,8-16H2,2-3H3/t17-,18+/m0/s1. The third-order valence-corrected chi connectivity index (χ3v) is 8.11. The number of ether oxygens (including phenoxy) is 2. The summed E-state index contributed by atoms with van der Waals surface area (Å²) in [6.07, 6.45) is 1.25. The van der Waals surface area contributed by atoms with Gasteiger partial charge in [0.15, 0.2) is 5.75 Å². The van der Waals surface area contributed by atoms with E-state index >= 15 is 4.39 Å². The quantitative estimate of drug-likeness (QED) is 0.527. The Bertz CT molecular complexity index is 1310. The molecule has 40 heavy (non-hydrogen) atoms. The summed E-state index contributed by atoms with van der Waals surface area (Å²) in [6, 6.07) is 3.49. The van der Waals surface area contributed by atoms with Gasteiger partial charge in [-0.1, -0.05) is 24.2 Å². The number of carbonyl (C=O) groups is 2. The van der Waals surface area contributed by atoms with E-state index in [-0.39, 0.29) is 64.4 Å². The van der Waals surface area contributed by atoms with Crippen LogP contribution >= 0.6 is 11.6 Å². The summed E-state index contributed by atoms with van der Waals surface area (Å²) in [6.45, 7) is 9.94. The second-order valence-corrected chi connectivity index (χ2v) is 10.6. The van der Waals surface area contributed by atoms with Gasteiger partial charge < -0.3 is 29.3 Å². The zero-order valence-corrected chi connectivity index (χ0v) is 23.4. The molecule has 5 rings (SSSR count). The number of pyridine rings is 1. The van der Waals surface area contributed by atoms with Crippen LogP contribution in [0, 0.1) is 5.82 Å². The molecule has 0 unspecified atom stereocenters. The minimum absolute atomic E-state index is 0.00355. The van der Waals surface area contributed by atoms with Crippen LogP contribution in [-0.2, 0) is 9.53 Å². The molecule has 0 bridgehead atoms. The van der Waals surface area contributed by atoms with Crippen molar-refractivity contribution < 1.29 is 28.6 Å². The van der Waals surface area contributed by atoms with Crippen molar-refractivity contribution in [1.29, 1.82) is 0 Å². The van der Waals surface area contributed by atoms with Crippen LogP contribution in [0.2, 0.25) is 5.02 Å². The van der Waals surface area contributed by atoms with Crippen LogP contribution in [0.4, 0.5) is 10.2 Å². The van der Waals surface area contributed by atoms with Crippen molar-refractivity contribution >= 4 is 29.2 Å². The van der Waals surface area contributed by atoms with E-state index in [2.05, 4.69) is 11.5 Å². The molecule has 1 N–H and O–H groups in total. The van der Waals surface area contributed by atoms with Gasteiger partial charge in [-0.15, -0.1) is 0 Å². The van der Waals surface area contributed by atoms with E-state index in [1.165, 1.54) is 24.3 Å². The highest BCUT2D eigenvalue weighted by Gasteiger charge is 2.41. The normalized spacial score (nSPS) is 21.4. The third-order valence-electron chi connectivity index (χ3n) is 7.76. The molecular formula is C28H33ClFN5O5. The number of anilines is 1. The van der Waals surface area contributed by atoms with Crippen molar-refractivity contribution in [3.8, 4) is 22.8 Å². The van der Waals surface area contributed by atoms with Gasteiger partial charge in [0, 0.05) is 59.0 Å². The van der Waals surface area contributed by atoms with Gasteiger partial charge >= 0.3 is 0 Å². The first-order valence-electron chi connectivity index (χ1n) is 13.3. The first kappa shape index (κ1) is 28.1. The Morgan fingerprint density at radius 2 is 2.02 bits per heavy atom. The summed E-state index contributed by atoms with van der Waals surface area (Å²) in [5.74, 6) is -1.13. The number of fused-ring (bicyclic) bond motifs is 2. The number of amides is 2. The Kier molecular flexibility index (Phi) is 8.16. The summed E-state index contributed by atoms with van der Waals surface area (Å²) < 4.78 is 26.5. The Balaban J connectivity index is 1.61. The maximum atomic E-state index is 15.1. The van der Waals surface area contributed by atoms with Crippen LogP contribution in [0.15, 0.2) is 30.9 Å². The number of benzene rings is 1. The van der Waals surface area contributed by atoms with Crippen molar-refractivity contribution in [2.45, 2.75) is 19.0 Å². The molecule has 214 valence electrons. The van der Waals surface area contributed by atoms with Gasteiger partial charge in [-0.2, -0.15) is 0 Å². The van der Waals surface area contributed by atoms with Crippen LogP contribution in [0.5, 0.6) is 11.5 Å². The second-order valence-electron chi connectivity index (χ2n) is 10.2. The van der Waals surface area contributed by atoms with Gasteiger partial charge in [0.1, 0.15) is 40.3 Å². The fraction of sp³-hybridized carbons (Fsp3) is 0.464. The van der Waals surface area contributed by atoms with E-state index in [4.69, 9.17) is 26.1 Å². The highest BCUT2D eigenvalue weighted by Crippen LogP contribution is 2.46. The summed E-state index contributed by atoms with van der Waals surface area (Å²) in [4.78, 5) is 38.8. The number of aromatic hydroxyl groups is 1. The van der Waals surface area contributed by atoms with Gasteiger partial charge in [0.05, 0.1) is 18.2 Å². The molecule has 0 radical (unpaired) electrons. The predicted molar refractivity (Wildman–Crippen MR) is 149 cm³/mol. The molecule has 3 aliphatic heterocycles. The number of aromatic nitrogens is 1. The minimum Gasteiger partial charge on any atom is -0.507 e. The van der Waals surface area contributed by atoms with Crippen molar-refractivity contribution in [3.63, 3.8) is 0 Å². The number of halogens is 2. The van der Waals surface area contributed by atoms with Gasteiger partial charge in [-0.25, -0.2) is 9.37 Å². The van der Waals surface area contributed by atoms with Crippen molar-refractivity contribution in [2.24, 2.45) is 0 Å². The maximum Gasteiger partial charge on any atom is 0.261 e. The molecule has 4 heterocycles. The zero-order valence-electron chi connectivity index (χ0n) is 22.6. The second kappa shape index (κ2) is 11.6. The van der Waals surface area contributed by atoms with Gasteiger partial charge in [-0.3, -0.25) is 14.5 Å².